The number of fused-ring (bicyclic) bond motifs is 1. The van der Waals surface area contributed by atoms with E-state index in [4.69, 9.17) is 4.74 Å². The lowest BCUT2D eigenvalue weighted by Gasteiger charge is -2.38. The van der Waals surface area contributed by atoms with Gasteiger partial charge in [0, 0.05) is 19.1 Å². The molecule has 2 aliphatic heterocycles. The minimum atomic E-state index is 0.161. The first-order valence-corrected chi connectivity index (χ1v) is 10.3. The molecule has 2 amide bonds. The van der Waals surface area contributed by atoms with Gasteiger partial charge in [-0.05, 0) is 68.6 Å². The second-order valence-electron chi connectivity index (χ2n) is 8.99. The standard InChI is InChI=1S/C20H34N2O2/c1-14-4-2-3-5-19(14)24-7-6-21-20(23)22-13-17-9-15-8-16(10-17)12-18(22)11-15/h14-19H,2-13H2,1H3,(H,21,23). The van der Waals surface area contributed by atoms with Crippen molar-refractivity contribution >= 4 is 6.03 Å². The van der Waals surface area contributed by atoms with Gasteiger partial charge in [0.2, 0.25) is 0 Å². The lowest BCUT2D eigenvalue weighted by molar-refractivity contribution is -0.00287. The minimum Gasteiger partial charge on any atom is -0.376 e. The van der Waals surface area contributed by atoms with Gasteiger partial charge in [-0.3, -0.25) is 0 Å². The van der Waals surface area contributed by atoms with Crippen molar-refractivity contribution in [2.24, 2.45) is 23.7 Å². The van der Waals surface area contributed by atoms with Crippen molar-refractivity contribution in [2.45, 2.75) is 76.9 Å². The average Bonchev–Trinajstić information content (AvgIpc) is 2.76. The zero-order chi connectivity index (χ0) is 16.5. The first kappa shape index (κ1) is 16.7. The summed E-state index contributed by atoms with van der Waals surface area (Å²) in [5, 5.41) is 3.14. The van der Waals surface area contributed by atoms with Crippen LogP contribution in [0, 0.1) is 23.7 Å². The molecule has 4 nitrogen and oxygen atoms in total. The highest BCUT2D eigenvalue weighted by Gasteiger charge is 2.43. The Morgan fingerprint density at radius 2 is 1.75 bits per heavy atom. The molecule has 4 atom stereocenters. The molecule has 5 aliphatic rings. The zero-order valence-electron chi connectivity index (χ0n) is 15.2. The van der Waals surface area contributed by atoms with Gasteiger partial charge >= 0.3 is 6.03 Å². The van der Waals surface area contributed by atoms with Gasteiger partial charge in [0.15, 0.2) is 0 Å². The number of hydrogen-bond donors (Lipinski definition) is 1. The molecular weight excluding hydrogens is 300 g/mol. The SMILES string of the molecule is CC1CCCCC1OCCNC(=O)N1CC2CC3CC(C2)CC1C3. The number of hydrogen-bond acceptors (Lipinski definition) is 2. The number of carbonyl (C=O) groups is 1. The fraction of sp³-hybridized carbons (Fsp3) is 0.950. The molecule has 5 rings (SSSR count). The van der Waals surface area contributed by atoms with Crippen molar-refractivity contribution in [3.05, 3.63) is 0 Å². The van der Waals surface area contributed by atoms with Gasteiger partial charge in [0.25, 0.3) is 0 Å². The summed E-state index contributed by atoms with van der Waals surface area (Å²) in [6, 6.07) is 0.661. The van der Waals surface area contributed by atoms with Gasteiger partial charge in [-0.25, -0.2) is 4.79 Å². The molecule has 3 aliphatic carbocycles. The molecule has 0 aromatic carbocycles. The van der Waals surface area contributed by atoms with Crippen molar-refractivity contribution in [3.8, 4) is 0 Å². The fourth-order valence-electron chi connectivity index (χ4n) is 6.03. The molecule has 24 heavy (non-hydrogen) atoms. The lowest BCUT2D eigenvalue weighted by atomic mass is 9.68. The predicted molar refractivity (Wildman–Crippen MR) is 94.8 cm³/mol. The average molecular weight is 335 g/mol. The molecule has 4 bridgehead atoms. The molecule has 4 heteroatoms. The van der Waals surface area contributed by atoms with E-state index in [1.807, 2.05) is 0 Å². The maximum atomic E-state index is 12.7. The summed E-state index contributed by atoms with van der Waals surface area (Å²) >= 11 is 0. The molecule has 5 fully saturated rings. The van der Waals surface area contributed by atoms with Crippen molar-refractivity contribution in [1.82, 2.24) is 10.2 Å². The van der Waals surface area contributed by atoms with E-state index < -0.39 is 0 Å². The topological polar surface area (TPSA) is 41.6 Å². The molecule has 0 radical (unpaired) electrons. The van der Waals surface area contributed by atoms with Crippen LogP contribution in [0.15, 0.2) is 0 Å². The number of rotatable bonds is 4. The predicted octanol–water partition coefficient (Wildman–Crippen LogP) is 3.80. The number of carbonyl (C=O) groups excluding carboxylic acids is 1. The molecule has 1 N–H and O–H groups in total. The maximum Gasteiger partial charge on any atom is 0.317 e. The smallest absolute Gasteiger partial charge is 0.317 e. The molecule has 4 unspecified atom stereocenters. The lowest BCUT2D eigenvalue weighted by Crippen LogP contribution is -2.48. The Morgan fingerprint density at radius 1 is 1.04 bits per heavy atom. The van der Waals surface area contributed by atoms with Gasteiger partial charge in [-0.1, -0.05) is 19.8 Å². The summed E-state index contributed by atoms with van der Waals surface area (Å²) in [5.74, 6) is 3.21. The first-order chi connectivity index (χ1) is 11.7. The highest BCUT2D eigenvalue weighted by atomic mass is 16.5. The van der Waals surface area contributed by atoms with Crippen molar-refractivity contribution in [1.29, 1.82) is 0 Å². The van der Waals surface area contributed by atoms with E-state index in [-0.39, 0.29) is 6.03 Å². The number of nitrogens with one attached hydrogen (secondary N) is 1. The Kier molecular flexibility index (Phi) is 5.03. The van der Waals surface area contributed by atoms with Gasteiger partial charge in [-0.15, -0.1) is 0 Å². The van der Waals surface area contributed by atoms with Crippen LogP contribution in [0.2, 0.25) is 0 Å². The van der Waals surface area contributed by atoms with Crippen LogP contribution in [0.5, 0.6) is 0 Å². The summed E-state index contributed by atoms with van der Waals surface area (Å²) in [6.45, 7) is 4.60. The van der Waals surface area contributed by atoms with E-state index in [0.717, 1.165) is 24.3 Å². The van der Waals surface area contributed by atoms with E-state index in [1.165, 1.54) is 57.8 Å². The Hall–Kier alpha value is -0.770. The van der Waals surface area contributed by atoms with E-state index in [1.54, 1.807) is 0 Å². The van der Waals surface area contributed by atoms with Crippen LogP contribution in [-0.2, 0) is 4.74 Å². The maximum absolute atomic E-state index is 12.7. The third-order valence-electron chi connectivity index (χ3n) is 7.11. The van der Waals surface area contributed by atoms with E-state index >= 15 is 0 Å². The Morgan fingerprint density at radius 3 is 2.50 bits per heavy atom. The van der Waals surface area contributed by atoms with Crippen molar-refractivity contribution in [3.63, 3.8) is 0 Å². The minimum absolute atomic E-state index is 0.161. The molecule has 0 aromatic rings. The van der Waals surface area contributed by atoms with Gasteiger partial charge in [-0.2, -0.15) is 0 Å². The number of nitrogens with zero attached hydrogens (tertiary/aromatic N) is 1. The van der Waals surface area contributed by atoms with Crippen LogP contribution in [0.3, 0.4) is 0 Å². The van der Waals surface area contributed by atoms with Crippen LogP contribution in [0.1, 0.15) is 64.7 Å². The Balaban J connectivity index is 1.23. The Bertz CT molecular complexity index is 441. The summed E-state index contributed by atoms with van der Waals surface area (Å²) in [4.78, 5) is 14.9. The third kappa shape index (κ3) is 3.58. The second-order valence-corrected chi connectivity index (χ2v) is 8.99. The zero-order valence-corrected chi connectivity index (χ0v) is 15.2. The molecule has 0 aromatic heterocycles. The largest absolute Gasteiger partial charge is 0.376 e. The van der Waals surface area contributed by atoms with Crippen LogP contribution in [0.4, 0.5) is 4.79 Å². The van der Waals surface area contributed by atoms with Crippen LogP contribution in [-0.4, -0.2) is 42.8 Å². The molecule has 136 valence electrons. The van der Waals surface area contributed by atoms with Crippen molar-refractivity contribution < 1.29 is 9.53 Å². The van der Waals surface area contributed by atoms with E-state index in [9.17, 15) is 4.79 Å². The van der Waals surface area contributed by atoms with Gasteiger partial charge in [0.1, 0.15) is 0 Å². The normalized spacial score (nSPS) is 41.3. The monoisotopic (exact) mass is 334 g/mol. The quantitative estimate of drug-likeness (QED) is 0.795. The fourth-order valence-corrected chi connectivity index (χ4v) is 6.03. The van der Waals surface area contributed by atoms with E-state index in [0.29, 0.717) is 31.2 Å². The summed E-state index contributed by atoms with van der Waals surface area (Å²) in [5.41, 5.74) is 0. The van der Waals surface area contributed by atoms with E-state index in [2.05, 4.69) is 17.1 Å². The highest BCUT2D eigenvalue weighted by Crippen LogP contribution is 2.47. The molecular formula is C20H34N2O2. The Labute approximate surface area is 146 Å². The number of amides is 2. The molecule has 3 saturated carbocycles. The summed E-state index contributed by atoms with van der Waals surface area (Å²) < 4.78 is 6.04. The van der Waals surface area contributed by atoms with Gasteiger partial charge in [0.05, 0.1) is 12.7 Å². The highest BCUT2D eigenvalue weighted by molar-refractivity contribution is 5.74. The van der Waals surface area contributed by atoms with Crippen molar-refractivity contribution in [2.75, 3.05) is 19.7 Å². The number of urea groups is 1. The summed E-state index contributed by atoms with van der Waals surface area (Å²) in [6.07, 6.45) is 12.2. The number of ether oxygens (including phenoxy) is 1. The molecule has 2 heterocycles. The van der Waals surface area contributed by atoms with Crippen LogP contribution >= 0.6 is 0 Å². The van der Waals surface area contributed by atoms with Crippen LogP contribution in [0.25, 0.3) is 0 Å². The molecule has 2 saturated heterocycles. The molecule has 0 spiro atoms. The van der Waals surface area contributed by atoms with Gasteiger partial charge < -0.3 is 15.0 Å². The first-order valence-electron chi connectivity index (χ1n) is 10.3. The second kappa shape index (κ2) is 7.23. The third-order valence-corrected chi connectivity index (χ3v) is 7.11. The van der Waals surface area contributed by atoms with Crippen LogP contribution < -0.4 is 5.32 Å². The summed E-state index contributed by atoms with van der Waals surface area (Å²) in [7, 11) is 0.